The second-order valence-electron chi connectivity index (χ2n) is 9.61. The van der Waals surface area contributed by atoms with Gasteiger partial charge in [0, 0.05) is 33.7 Å². The summed E-state index contributed by atoms with van der Waals surface area (Å²) >= 11 is 4.83. The number of thiazole rings is 1. The number of aryl methyl sites for hydroxylation is 2. The van der Waals surface area contributed by atoms with E-state index in [9.17, 15) is 4.79 Å². The molecule has 7 nitrogen and oxygen atoms in total. The van der Waals surface area contributed by atoms with Gasteiger partial charge in [-0.3, -0.25) is 9.36 Å². The minimum atomic E-state index is -0.0831. The number of nitrogens with zero attached hydrogens (tertiary/aromatic N) is 4. The standard InChI is InChI=1S/C29H29N5O2S3/c1-3-23-14-20(16-37-23)27-32-33-29(34(27)15-22-5-4-12-36-22)38-17-26(35)30-21-9-7-19(8-10-21)28-31-24-11-6-18(2)13-25(24)39-28/h6-11,13-14,16,22H,3-5,12,15,17H2,1-2H3,(H,30,35). The van der Waals surface area contributed by atoms with Crippen molar-refractivity contribution < 1.29 is 9.53 Å². The van der Waals surface area contributed by atoms with Crippen molar-refractivity contribution in [1.29, 1.82) is 0 Å². The summed E-state index contributed by atoms with van der Waals surface area (Å²) in [5.74, 6) is 0.997. The van der Waals surface area contributed by atoms with Gasteiger partial charge in [0.2, 0.25) is 5.91 Å². The number of hydrogen-bond donors (Lipinski definition) is 1. The molecule has 0 saturated carbocycles. The van der Waals surface area contributed by atoms with E-state index < -0.39 is 0 Å². The Kier molecular flexibility index (Phi) is 7.78. The third-order valence-electron chi connectivity index (χ3n) is 6.68. The van der Waals surface area contributed by atoms with E-state index in [1.54, 1.807) is 22.7 Å². The van der Waals surface area contributed by atoms with Gasteiger partial charge < -0.3 is 10.1 Å². The highest BCUT2D eigenvalue weighted by Gasteiger charge is 2.23. The topological polar surface area (TPSA) is 81.9 Å². The van der Waals surface area contributed by atoms with Crippen LogP contribution in [0.3, 0.4) is 0 Å². The molecule has 6 rings (SSSR count). The van der Waals surface area contributed by atoms with Gasteiger partial charge in [-0.25, -0.2) is 4.98 Å². The Balaban J connectivity index is 1.12. The van der Waals surface area contributed by atoms with Crippen LogP contribution in [0.2, 0.25) is 0 Å². The first kappa shape index (κ1) is 26.2. The number of anilines is 1. The normalized spacial score (nSPS) is 15.3. The molecule has 5 aromatic rings. The number of thiophene rings is 1. The molecular formula is C29H29N5O2S3. The number of carbonyl (C=O) groups excluding carboxylic acids is 1. The third kappa shape index (κ3) is 5.94. The fourth-order valence-electron chi connectivity index (χ4n) is 4.63. The maximum Gasteiger partial charge on any atom is 0.234 e. The maximum atomic E-state index is 12.8. The van der Waals surface area contributed by atoms with E-state index in [4.69, 9.17) is 9.72 Å². The van der Waals surface area contributed by atoms with Crippen LogP contribution in [0.4, 0.5) is 5.69 Å². The van der Waals surface area contributed by atoms with Crippen LogP contribution >= 0.6 is 34.4 Å². The summed E-state index contributed by atoms with van der Waals surface area (Å²) in [7, 11) is 0. The summed E-state index contributed by atoms with van der Waals surface area (Å²) in [6, 6.07) is 16.3. The Hall–Kier alpha value is -3.05. The van der Waals surface area contributed by atoms with Crippen LogP contribution in [0, 0.1) is 6.92 Å². The van der Waals surface area contributed by atoms with Crippen LogP contribution in [0.15, 0.2) is 59.1 Å². The predicted octanol–water partition coefficient (Wildman–Crippen LogP) is 7.06. The number of hydrogen-bond acceptors (Lipinski definition) is 8. The monoisotopic (exact) mass is 575 g/mol. The van der Waals surface area contributed by atoms with Crippen molar-refractivity contribution in [3.8, 4) is 22.0 Å². The minimum Gasteiger partial charge on any atom is -0.376 e. The van der Waals surface area contributed by atoms with E-state index in [1.165, 1.54) is 26.9 Å². The Labute approximate surface area is 239 Å². The number of ether oxygens (including phenoxy) is 1. The second-order valence-corrected chi connectivity index (χ2v) is 12.6. The van der Waals surface area contributed by atoms with E-state index in [1.807, 2.05) is 24.3 Å². The molecule has 1 aliphatic heterocycles. The summed E-state index contributed by atoms with van der Waals surface area (Å²) < 4.78 is 9.20. The quantitative estimate of drug-likeness (QED) is 0.189. The number of benzene rings is 2. The van der Waals surface area contributed by atoms with Gasteiger partial charge in [0.25, 0.3) is 0 Å². The van der Waals surface area contributed by atoms with E-state index in [2.05, 4.69) is 63.6 Å². The molecule has 1 fully saturated rings. The van der Waals surface area contributed by atoms with Crippen LogP contribution in [0.1, 0.15) is 30.2 Å². The van der Waals surface area contributed by atoms with Gasteiger partial charge in [0.1, 0.15) is 5.01 Å². The average Bonchev–Trinajstić information content (AvgIpc) is 3.75. The number of thioether (sulfide) groups is 1. The smallest absolute Gasteiger partial charge is 0.234 e. The Morgan fingerprint density at radius 2 is 2.03 bits per heavy atom. The molecule has 0 aliphatic carbocycles. The van der Waals surface area contributed by atoms with Crippen LogP contribution < -0.4 is 5.32 Å². The van der Waals surface area contributed by atoms with E-state index in [-0.39, 0.29) is 17.8 Å². The summed E-state index contributed by atoms with van der Waals surface area (Å²) in [6.07, 6.45) is 3.24. The second kappa shape index (κ2) is 11.6. The van der Waals surface area contributed by atoms with Gasteiger partial charge in [-0.1, -0.05) is 24.8 Å². The van der Waals surface area contributed by atoms with E-state index >= 15 is 0 Å². The van der Waals surface area contributed by atoms with Crippen molar-refractivity contribution in [2.75, 3.05) is 17.7 Å². The molecule has 1 unspecified atom stereocenters. The molecule has 1 aliphatic rings. The number of rotatable bonds is 9. The van der Waals surface area contributed by atoms with Crippen molar-refractivity contribution in [1.82, 2.24) is 19.7 Å². The Morgan fingerprint density at radius 3 is 2.79 bits per heavy atom. The number of aromatic nitrogens is 4. The van der Waals surface area contributed by atoms with Crippen LogP contribution in [0.5, 0.6) is 0 Å². The number of carbonyl (C=O) groups is 1. The number of fused-ring (bicyclic) bond motifs is 1. The molecule has 1 saturated heterocycles. The van der Waals surface area contributed by atoms with E-state index in [0.29, 0.717) is 6.54 Å². The highest BCUT2D eigenvalue weighted by atomic mass is 32.2. The molecule has 3 aromatic heterocycles. The van der Waals surface area contributed by atoms with Gasteiger partial charge in [0.05, 0.1) is 28.6 Å². The molecule has 4 heterocycles. The zero-order chi connectivity index (χ0) is 26.8. The lowest BCUT2D eigenvalue weighted by atomic mass is 10.2. The molecule has 0 radical (unpaired) electrons. The van der Waals surface area contributed by atoms with Crippen molar-refractivity contribution in [2.24, 2.45) is 0 Å². The molecule has 0 spiro atoms. The van der Waals surface area contributed by atoms with Crippen LogP contribution in [0.25, 0.3) is 32.2 Å². The molecule has 1 amide bonds. The molecule has 1 atom stereocenters. The zero-order valence-electron chi connectivity index (χ0n) is 21.8. The lowest BCUT2D eigenvalue weighted by Gasteiger charge is -2.14. The van der Waals surface area contributed by atoms with Gasteiger partial charge >= 0.3 is 0 Å². The maximum absolute atomic E-state index is 12.8. The Bertz CT molecular complexity index is 1600. The summed E-state index contributed by atoms with van der Waals surface area (Å²) in [4.78, 5) is 18.9. The zero-order valence-corrected chi connectivity index (χ0v) is 24.3. The lowest BCUT2D eigenvalue weighted by molar-refractivity contribution is -0.113. The van der Waals surface area contributed by atoms with Gasteiger partial charge in [-0.15, -0.1) is 32.9 Å². The molecule has 2 aromatic carbocycles. The largest absolute Gasteiger partial charge is 0.376 e. The lowest BCUT2D eigenvalue weighted by Crippen LogP contribution is -2.18. The fraction of sp³-hybridized carbons (Fsp3) is 0.310. The minimum absolute atomic E-state index is 0.0831. The predicted molar refractivity (Wildman–Crippen MR) is 161 cm³/mol. The van der Waals surface area contributed by atoms with Crippen LogP contribution in [-0.2, 0) is 22.5 Å². The molecular weight excluding hydrogens is 547 g/mol. The molecule has 39 heavy (non-hydrogen) atoms. The molecule has 1 N–H and O–H groups in total. The SMILES string of the molecule is CCc1cc(-c2nnc(SCC(=O)Nc3ccc(-c4nc5ccc(C)cc5s4)cc3)n2CC2CCCO2)cs1. The highest BCUT2D eigenvalue weighted by Crippen LogP contribution is 2.32. The van der Waals surface area contributed by atoms with Gasteiger partial charge in [-0.2, -0.15) is 0 Å². The highest BCUT2D eigenvalue weighted by molar-refractivity contribution is 7.99. The first-order valence-corrected chi connectivity index (χ1v) is 15.8. The molecule has 10 heteroatoms. The van der Waals surface area contributed by atoms with Crippen molar-refractivity contribution in [2.45, 2.75) is 50.9 Å². The van der Waals surface area contributed by atoms with Crippen molar-refractivity contribution >= 4 is 56.2 Å². The summed E-state index contributed by atoms with van der Waals surface area (Å²) in [6.45, 7) is 5.73. The molecule has 200 valence electrons. The Morgan fingerprint density at radius 1 is 1.15 bits per heavy atom. The van der Waals surface area contributed by atoms with Crippen LogP contribution in [-0.4, -0.2) is 44.1 Å². The third-order valence-corrected chi connectivity index (χ3v) is 9.79. The first-order chi connectivity index (χ1) is 19.1. The van der Waals surface area contributed by atoms with Gasteiger partial charge in [0.15, 0.2) is 11.0 Å². The fourth-order valence-corrected chi connectivity index (χ4v) is 7.26. The van der Waals surface area contributed by atoms with E-state index in [0.717, 1.165) is 64.2 Å². The molecule has 0 bridgehead atoms. The average molecular weight is 576 g/mol. The van der Waals surface area contributed by atoms with Crippen molar-refractivity contribution in [3.63, 3.8) is 0 Å². The summed E-state index contributed by atoms with van der Waals surface area (Å²) in [5, 5.41) is 15.8. The first-order valence-electron chi connectivity index (χ1n) is 13.1. The van der Waals surface area contributed by atoms with Gasteiger partial charge in [-0.05, 0) is 74.2 Å². The summed E-state index contributed by atoms with van der Waals surface area (Å²) in [5.41, 5.74) is 5.10. The van der Waals surface area contributed by atoms with Crippen molar-refractivity contribution in [3.05, 3.63) is 64.4 Å². The number of amides is 1. The number of nitrogens with one attached hydrogen (secondary N) is 1.